The first kappa shape index (κ1) is 12.4. The van der Waals surface area contributed by atoms with Crippen molar-refractivity contribution < 1.29 is 14.2 Å². The van der Waals surface area contributed by atoms with Crippen molar-refractivity contribution in [2.75, 3.05) is 20.8 Å². The molecule has 0 bridgehead atoms. The Balaban J connectivity index is 2.04. The number of rotatable bonds is 5. The van der Waals surface area contributed by atoms with E-state index in [1.54, 1.807) is 26.5 Å². The third-order valence-corrected chi connectivity index (χ3v) is 2.83. The summed E-state index contributed by atoms with van der Waals surface area (Å²) in [4.78, 5) is 8.69. The first-order valence-electron chi connectivity index (χ1n) is 5.82. The van der Waals surface area contributed by atoms with Gasteiger partial charge >= 0.3 is 0 Å². The largest absolute Gasteiger partial charge is 0.378 e. The molecular weight excluding hydrogens is 220 g/mol. The maximum Gasteiger partial charge on any atom is 0.200 e. The predicted molar refractivity (Wildman–Crippen MR) is 61.5 cm³/mol. The second-order valence-electron chi connectivity index (χ2n) is 4.04. The molecule has 0 spiro atoms. The molecule has 1 atom stereocenters. The van der Waals surface area contributed by atoms with Crippen molar-refractivity contribution in [3.8, 4) is 0 Å². The molecule has 1 aromatic rings. The highest BCUT2D eigenvalue weighted by Gasteiger charge is 2.18. The molecule has 0 saturated carbocycles. The molecule has 5 nitrogen and oxygen atoms in total. The molecule has 1 fully saturated rings. The first-order valence-corrected chi connectivity index (χ1v) is 5.82. The van der Waals surface area contributed by atoms with E-state index in [1.165, 1.54) is 0 Å². The topological polar surface area (TPSA) is 53.5 Å². The summed E-state index contributed by atoms with van der Waals surface area (Å²) < 4.78 is 15.9. The second kappa shape index (κ2) is 6.05. The number of hydrogen-bond donors (Lipinski definition) is 0. The molecule has 17 heavy (non-hydrogen) atoms. The van der Waals surface area contributed by atoms with Crippen LogP contribution in [-0.4, -0.2) is 36.9 Å². The molecule has 0 amide bonds. The molecule has 1 aliphatic rings. The fourth-order valence-electron chi connectivity index (χ4n) is 1.99. The highest BCUT2D eigenvalue weighted by atomic mass is 16.7. The van der Waals surface area contributed by atoms with Crippen LogP contribution in [0.2, 0.25) is 0 Å². The van der Waals surface area contributed by atoms with Crippen LogP contribution in [0.3, 0.4) is 0 Å². The van der Waals surface area contributed by atoms with Gasteiger partial charge < -0.3 is 14.2 Å². The van der Waals surface area contributed by atoms with Gasteiger partial charge in [0, 0.05) is 33.4 Å². The molecule has 0 N–H and O–H groups in total. The lowest BCUT2D eigenvalue weighted by Crippen LogP contribution is -2.14. The molecule has 2 heterocycles. The second-order valence-corrected chi connectivity index (χ2v) is 4.04. The van der Waals surface area contributed by atoms with Gasteiger partial charge in [-0.05, 0) is 18.9 Å². The van der Waals surface area contributed by atoms with Gasteiger partial charge in [0.15, 0.2) is 0 Å². The van der Waals surface area contributed by atoms with Crippen LogP contribution in [0.25, 0.3) is 0 Å². The van der Waals surface area contributed by atoms with Gasteiger partial charge in [-0.1, -0.05) is 0 Å². The average Bonchev–Trinajstić information content (AvgIpc) is 2.84. The lowest BCUT2D eigenvalue weighted by atomic mass is 10.2. The fraction of sp³-hybridized carbons (Fsp3) is 0.667. The molecule has 1 aromatic heterocycles. The molecule has 0 aromatic carbocycles. The maximum atomic E-state index is 5.57. The average molecular weight is 238 g/mol. The quantitative estimate of drug-likeness (QED) is 0.727. The van der Waals surface area contributed by atoms with E-state index in [2.05, 4.69) is 9.97 Å². The van der Waals surface area contributed by atoms with Crippen LogP contribution >= 0.6 is 0 Å². The number of hydrogen-bond acceptors (Lipinski definition) is 5. The zero-order valence-corrected chi connectivity index (χ0v) is 10.3. The van der Waals surface area contributed by atoms with Crippen LogP contribution in [0, 0.1) is 0 Å². The highest BCUT2D eigenvalue weighted by Crippen LogP contribution is 2.18. The van der Waals surface area contributed by atoms with Gasteiger partial charge in [0.25, 0.3) is 0 Å². The molecule has 2 rings (SSSR count). The van der Waals surface area contributed by atoms with E-state index in [9.17, 15) is 0 Å². The zero-order valence-electron chi connectivity index (χ0n) is 10.3. The van der Waals surface area contributed by atoms with Crippen LogP contribution in [0.4, 0.5) is 0 Å². The van der Waals surface area contributed by atoms with Crippen LogP contribution in [0.15, 0.2) is 12.3 Å². The lowest BCUT2D eigenvalue weighted by Gasteiger charge is -2.14. The summed E-state index contributed by atoms with van der Waals surface area (Å²) in [5.41, 5.74) is 0.748. The van der Waals surface area contributed by atoms with E-state index < -0.39 is 6.29 Å². The predicted octanol–water partition coefficient (Wildman–Crippen LogP) is 1.49. The Morgan fingerprint density at radius 3 is 2.94 bits per heavy atom. The smallest absolute Gasteiger partial charge is 0.200 e. The van der Waals surface area contributed by atoms with Crippen molar-refractivity contribution in [1.82, 2.24) is 9.97 Å². The van der Waals surface area contributed by atoms with Crippen LogP contribution < -0.4 is 0 Å². The monoisotopic (exact) mass is 238 g/mol. The van der Waals surface area contributed by atoms with Crippen molar-refractivity contribution >= 4 is 0 Å². The summed E-state index contributed by atoms with van der Waals surface area (Å²) in [5.74, 6) is 0.786. The zero-order chi connectivity index (χ0) is 12.1. The first-order chi connectivity index (χ1) is 8.33. The minimum absolute atomic E-state index is 0.258. The van der Waals surface area contributed by atoms with E-state index in [-0.39, 0.29) is 6.10 Å². The summed E-state index contributed by atoms with van der Waals surface area (Å²) in [7, 11) is 3.19. The lowest BCUT2D eigenvalue weighted by molar-refractivity contribution is -0.108. The van der Waals surface area contributed by atoms with Gasteiger partial charge in [-0.3, -0.25) is 0 Å². The van der Waals surface area contributed by atoms with Crippen LogP contribution in [0.1, 0.15) is 30.7 Å². The van der Waals surface area contributed by atoms with Crippen molar-refractivity contribution in [2.24, 2.45) is 0 Å². The van der Waals surface area contributed by atoms with Crippen LogP contribution in [0.5, 0.6) is 0 Å². The van der Waals surface area contributed by atoms with Crippen molar-refractivity contribution in [3.05, 3.63) is 23.8 Å². The van der Waals surface area contributed by atoms with Gasteiger partial charge in [-0.15, -0.1) is 0 Å². The summed E-state index contributed by atoms with van der Waals surface area (Å²) in [6.45, 7) is 0.850. The number of nitrogens with zero attached hydrogens (tertiary/aromatic N) is 2. The van der Waals surface area contributed by atoms with E-state index in [4.69, 9.17) is 14.2 Å². The standard InChI is InChI=1S/C12H18N2O3/c1-15-12(16-2)10-5-6-13-11(14-10)8-9-4-3-7-17-9/h5-6,9,12H,3-4,7-8H2,1-2H3. The fourth-order valence-corrected chi connectivity index (χ4v) is 1.99. The molecule has 5 heteroatoms. The van der Waals surface area contributed by atoms with Gasteiger partial charge in [0.2, 0.25) is 6.29 Å². The Morgan fingerprint density at radius 1 is 1.47 bits per heavy atom. The molecule has 1 unspecified atom stereocenters. The number of aromatic nitrogens is 2. The third kappa shape index (κ3) is 3.21. The normalized spacial score (nSPS) is 20.1. The number of ether oxygens (including phenoxy) is 3. The Kier molecular flexibility index (Phi) is 4.42. The van der Waals surface area contributed by atoms with Gasteiger partial charge in [0.1, 0.15) is 5.82 Å². The van der Waals surface area contributed by atoms with Crippen molar-refractivity contribution in [3.63, 3.8) is 0 Å². The van der Waals surface area contributed by atoms with E-state index in [0.29, 0.717) is 0 Å². The van der Waals surface area contributed by atoms with Crippen LogP contribution in [-0.2, 0) is 20.6 Å². The minimum Gasteiger partial charge on any atom is -0.378 e. The van der Waals surface area contributed by atoms with E-state index in [0.717, 1.165) is 37.4 Å². The summed E-state index contributed by atoms with van der Waals surface area (Å²) in [6.07, 6.45) is 4.54. The summed E-state index contributed by atoms with van der Waals surface area (Å²) in [5, 5.41) is 0. The van der Waals surface area contributed by atoms with Gasteiger partial charge in [-0.2, -0.15) is 0 Å². The Hall–Kier alpha value is -1.04. The molecule has 94 valence electrons. The van der Waals surface area contributed by atoms with Gasteiger partial charge in [0.05, 0.1) is 11.8 Å². The molecule has 0 radical (unpaired) electrons. The third-order valence-electron chi connectivity index (χ3n) is 2.83. The highest BCUT2D eigenvalue weighted by molar-refractivity contribution is 5.04. The molecule has 1 saturated heterocycles. The number of methoxy groups -OCH3 is 2. The summed E-state index contributed by atoms with van der Waals surface area (Å²) in [6, 6.07) is 1.80. The minimum atomic E-state index is -0.429. The Labute approximate surface area is 101 Å². The maximum absolute atomic E-state index is 5.57. The molecule has 0 aliphatic carbocycles. The molecular formula is C12H18N2O3. The van der Waals surface area contributed by atoms with Crippen molar-refractivity contribution in [1.29, 1.82) is 0 Å². The Bertz CT molecular complexity index is 349. The SMILES string of the molecule is COC(OC)c1ccnc(CC2CCCO2)n1. The van der Waals surface area contributed by atoms with Crippen molar-refractivity contribution in [2.45, 2.75) is 31.7 Å². The van der Waals surface area contributed by atoms with E-state index >= 15 is 0 Å². The van der Waals surface area contributed by atoms with E-state index in [1.807, 2.05) is 0 Å². The van der Waals surface area contributed by atoms with Gasteiger partial charge in [-0.25, -0.2) is 9.97 Å². The Morgan fingerprint density at radius 2 is 2.29 bits per heavy atom. The molecule has 1 aliphatic heterocycles. The summed E-state index contributed by atoms with van der Waals surface area (Å²) >= 11 is 0.